The molecule has 2 N–H and O–H groups in total. The minimum absolute atomic E-state index is 0.00872. The normalized spacial score (nSPS) is 13.6. The Hall–Kier alpha value is -4.89. The number of nitrogens with zero attached hydrogens (tertiary/aromatic N) is 1. The summed E-state index contributed by atoms with van der Waals surface area (Å²) in [5.74, 6) is -2.67. The van der Waals surface area contributed by atoms with E-state index in [1.165, 1.54) is 0 Å². The molecule has 11 nitrogen and oxygen atoms in total. The first kappa shape index (κ1) is 31.1. The lowest BCUT2D eigenvalue weighted by Crippen LogP contribution is -2.32. The second kappa shape index (κ2) is 12.1. The Labute approximate surface area is 241 Å². The van der Waals surface area contributed by atoms with E-state index in [1.54, 1.807) is 6.07 Å². The van der Waals surface area contributed by atoms with Gasteiger partial charge in [-0.3, -0.25) is 9.59 Å². The van der Waals surface area contributed by atoms with Crippen LogP contribution in [-0.4, -0.2) is 52.4 Å². The lowest BCUT2D eigenvalue weighted by Gasteiger charge is -2.12. The molecule has 0 saturated carbocycles. The molecule has 1 saturated heterocycles. The van der Waals surface area contributed by atoms with Gasteiger partial charge in [0, 0.05) is 25.0 Å². The molecule has 1 fully saturated rings. The molecule has 1 aliphatic rings. The van der Waals surface area contributed by atoms with Gasteiger partial charge in [-0.05, 0) is 29.2 Å². The fourth-order valence-electron chi connectivity index (χ4n) is 4.38. The van der Waals surface area contributed by atoms with E-state index >= 15 is 0 Å². The van der Waals surface area contributed by atoms with E-state index in [-0.39, 0.29) is 24.8 Å². The average Bonchev–Trinajstić information content (AvgIpc) is 3.26. The fraction of sp³-hybridized carbons (Fsp3) is 0.179. The second-order valence-corrected chi connectivity index (χ2v) is 10.6. The van der Waals surface area contributed by atoms with Gasteiger partial charge in [-0.25, -0.2) is 23.0 Å². The van der Waals surface area contributed by atoms with Crippen LogP contribution in [0.4, 0.5) is 13.2 Å². The molecule has 0 radical (unpaired) electrons. The number of fused-ring (bicyclic) bond motifs is 2. The molecule has 224 valence electrons. The van der Waals surface area contributed by atoms with Crippen molar-refractivity contribution in [3.8, 4) is 11.1 Å². The van der Waals surface area contributed by atoms with Crippen LogP contribution in [0.3, 0.4) is 0 Å². The van der Waals surface area contributed by atoms with Gasteiger partial charge in [0.05, 0.1) is 22.8 Å². The molecule has 0 bridgehead atoms. The predicted molar refractivity (Wildman–Crippen MR) is 142 cm³/mol. The van der Waals surface area contributed by atoms with Crippen molar-refractivity contribution < 1.29 is 60.2 Å². The highest BCUT2D eigenvalue weighted by atomic mass is 32.2. The zero-order valence-corrected chi connectivity index (χ0v) is 22.7. The summed E-state index contributed by atoms with van der Waals surface area (Å²) in [5.41, 5.74) is -1.47. The third-order valence-corrected chi connectivity index (χ3v) is 6.93. The van der Waals surface area contributed by atoms with E-state index < -0.39 is 39.4 Å². The molecule has 2 heterocycles. The molecule has 5 rings (SSSR count). The van der Waals surface area contributed by atoms with Gasteiger partial charge in [-0.2, -0.15) is 13.2 Å². The molecule has 3 aromatic carbocycles. The number of carbonyl (C=O) groups is 4. The number of benzene rings is 3. The highest BCUT2D eigenvalue weighted by Gasteiger charge is 2.37. The molecule has 0 unspecified atom stereocenters. The van der Waals surface area contributed by atoms with E-state index in [2.05, 4.69) is 4.98 Å². The Kier molecular flexibility index (Phi) is 8.77. The summed E-state index contributed by atoms with van der Waals surface area (Å²) in [5, 5.41) is 11.8. The van der Waals surface area contributed by atoms with Crippen LogP contribution in [0.25, 0.3) is 32.9 Å². The van der Waals surface area contributed by atoms with Gasteiger partial charge in [-0.1, -0.05) is 48.5 Å². The smallest absolute Gasteiger partial charge is 0.485 e. The van der Waals surface area contributed by atoms with Gasteiger partial charge in [0.2, 0.25) is 11.0 Å². The maximum atomic E-state index is 12.3. The number of carbonyl (C=O) groups excluding carboxylic acids is 3. The topological polar surface area (TPSA) is 172 Å². The number of alkyl halides is 3. The maximum Gasteiger partial charge on any atom is 0.485 e. The number of amides is 2. The number of aromatic carboxylic acids is 1. The zero-order valence-electron chi connectivity index (χ0n) is 21.9. The number of para-hydroxylation sites is 1. The predicted octanol–water partition coefficient (Wildman–Crippen LogP) is 3.76. The van der Waals surface area contributed by atoms with Crippen molar-refractivity contribution >= 4 is 55.7 Å². The number of aryl methyl sites for hydroxylation is 1. The summed E-state index contributed by atoms with van der Waals surface area (Å²) in [4.78, 5) is 55.8. The molecular weight excluding hydrogens is 597 g/mol. The number of H-pyrrole nitrogens is 1. The van der Waals surface area contributed by atoms with E-state index in [1.807, 2.05) is 60.7 Å². The van der Waals surface area contributed by atoms with E-state index in [0.717, 1.165) is 27.7 Å². The summed E-state index contributed by atoms with van der Waals surface area (Å²) in [7, 11) is -6.09. The Balaban J connectivity index is 0.000000467. The molecule has 15 heteroatoms. The summed E-state index contributed by atoms with van der Waals surface area (Å²) < 4.78 is 58.9. The van der Waals surface area contributed by atoms with Crippen molar-refractivity contribution in [2.75, 3.05) is 0 Å². The van der Waals surface area contributed by atoms with Gasteiger partial charge in [0.1, 0.15) is 0 Å². The van der Waals surface area contributed by atoms with Gasteiger partial charge < -0.3 is 14.5 Å². The van der Waals surface area contributed by atoms with Crippen molar-refractivity contribution in [3.63, 3.8) is 0 Å². The minimum atomic E-state index is -6.09. The standard InChI is InChI=1S/C27H20N2O6.CHF3O3S/c30-22-13-14-23(31)29(22)35-24(32)15-10-16-8-11-17(12-9-16)18-5-3-7-21-25(18)26(27(33)34)19-4-1-2-6-20(19)28-21;2-1(3,4)8(5,6)7/h1-9,11-12H,10,13-15H2,(H,33,34);(H,5,6,7). The van der Waals surface area contributed by atoms with Crippen molar-refractivity contribution in [2.45, 2.75) is 31.2 Å². The number of rotatable bonds is 6. The molecule has 0 spiro atoms. The van der Waals surface area contributed by atoms with Crippen LogP contribution < -0.4 is 4.98 Å². The Morgan fingerprint density at radius 2 is 1.51 bits per heavy atom. The van der Waals surface area contributed by atoms with E-state index in [4.69, 9.17) is 17.8 Å². The number of aromatic nitrogens is 1. The SMILES string of the molecule is O=C(CCc1ccc(-c2cccc3[nH+]c4ccccc4c(C(=O)O)c23)cc1)ON1C(=O)CCC1=O.O=S(=O)([O-])C(F)(F)F. The minimum Gasteiger partial charge on any atom is -0.741 e. The third kappa shape index (κ3) is 6.95. The first-order valence-electron chi connectivity index (χ1n) is 12.5. The number of hydrogen-bond donors (Lipinski definition) is 1. The van der Waals surface area contributed by atoms with Gasteiger partial charge in [0.15, 0.2) is 10.1 Å². The van der Waals surface area contributed by atoms with Crippen molar-refractivity contribution in [1.29, 1.82) is 0 Å². The lowest BCUT2D eigenvalue weighted by atomic mass is 9.94. The highest BCUT2D eigenvalue weighted by molar-refractivity contribution is 7.86. The molecule has 0 atom stereocenters. The van der Waals surface area contributed by atoms with Crippen LogP contribution >= 0.6 is 0 Å². The fourth-order valence-corrected chi connectivity index (χ4v) is 4.38. The number of carboxylic acid groups (broad SMARTS) is 1. The summed E-state index contributed by atoms with van der Waals surface area (Å²) in [6, 6.07) is 20.4. The van der Waals surface area contributed by atoms with Crippen LogP contribution in [0.2, 0.25) is 0 Å². The quantitative estimate of drug-likeness (QED) is 0.146. The number of hydroxylamine groups is 2. The van der Waals surface area contributed by atoms with Gasteiger partial charge in [0.25, 0.3) is 11.8 Å². The molecule has 2 amide bonds. The van der Waals surface area contributed by atoms with Crippen molar-refractivity contribution in [2.24, 2.45) is 0 Å². The van der Waals surface area contributed by atoms with Gasteiger partial charge in [-0.15, -0.1) is 5.06 Å². The number of imide groups is 1. The highest BCUT2D eigenvalue weighted by Crippen LogP contribution is 2.33. The van der Waals surface area contributed by atoms with Crippen LogP contribution in [0.1, 0.15) is 35.2 Å². The van der Waals surface area contributed by atoms with Gasteiger partial charge >= 0.3 is 17.4 Å². The number of pyridine rings is 1. The molecule has 0 aliphatic carbocycles. The number of hydrogen-bond acceptors (Lipinski definition) is 8. The van der Waals surface area contributed by atoms with Crippen LogP contribution in [0, 0.1) is 0 Å². The van der Waals surface area contributed by atoms with Crippen LogP contribution in [-0.2, 0) is 35.8 Å². The molecule has 4 aromatic rings. The Bertz CT molecular complexity index is 1840. The Morgan fingerprint density at radius 3 is 2.09 bits per heavy atom. The molecule has 1 aromatic heterocycles. The first-order valence-corrected chi connectivity index (χ1v) is 13.9. The Morgan fingerprint density at radius 1 is 0.930 bits per heavy atom. The zero-order chi connectivity index (χ0) is 31.5. The molecule has 43 heavy (non-hydrogen) atoms. The van der Waals surface area contributed by atoms with E-state index in [9.17, 15) is 37.5 Å². The largest absolute Gasteiger partial charge is 0.741 e. The summed E-state index contributed by atoms with van der Waals surface area (Å²) in [6.07, 6.45) is 0.482. The van der Waals surface area contributed by atoms with Crippen molar-refractivity contribution in [1.82, 2.24) is 5.06 Å². The second-order valence-electron chi connectivity index (χ2n) is 9.22. The van der Waals surface area contributed by atoms with Crippen LogP contribution in [0.15, 0.2) is 66.7 Å². The maximum absolute atomic E-state index is 12.3. The lowest BCUT2D eigenvalue weighted by molar-refractivity contribution is -0.310. The average molecular weight is 619 g/mol. The van der Waals surface area contributed by atoms with Crippen LogP contribution in [0.5, 0.6) is 0 Å². The van der Waals surface area contributed by atoms with E-state index in [0.29, 0.717) is 22.3 Å². The number of aromatic amines is 1. The summed E-state index contributed by atoms with van der Waals surface area (Å²) >= 11 is 0. The number of nitrogens with one attached hydrogen (secondary N) is 1. The number of carboxylic acids is 1. The molecular formula is C28H21F3N2O9S. The number of halogens is 3. The third-order valence-electron chi connectivity index (χ3n) is 6.36. The molecule has 1 aliphatic heterocycles. The van der Waals surface area contributed by atoms with Crippen molar-refractivity contribution in [3.05, 3.63) is 77.9 Å². The summed E-state index contributed by atoms with van der Waals surface area (Å²) in [6.45, 7) is 0. The monoisotopic (exact) mass is 618 g/mol. The first-order chi connectivity index (χ1) is 20.2.